The molecule has 2 fully saturated rings. The summed E-state index contributed by atoms with van der Waals surface area (Å²) in [5, 5.41) is 10.4. The minimum atomic E-state index is -4.49. The Labute approximate surface area is 149 Å². The third-order valence-electron chi connectivity index (χ3n) is 4.96. The lowest BCUT2D eigenvalue weighted by Crippen LogP contribution is -2.15. The largest absolute Gasteiger partial charge is 0.421 e. The van der Waals surface area contributed by atoms with Crippen molar-refractivity contribution in [2.24, 2.45) is 5.41 Å². The third-order valence-corrected chi connectivity index (χ3v) is 4.96. The van der Waals surface area contributed by atoms with Gasteiger partial charge in [0.2, 0.25) is 5.95 Å². The Morgan fingerprint density at radius 2 is 1.96 bits per heavy atom. The molecule has 2 aromatic rings. The molecule has 2 aliphatic carbocycles. The van der Waals surface area contributed by atoms with Crippen molar-refractivity contribution >= 4 is 17.5 Å². The number of aromatic nitrogens is 4. The van der Waals surface area contributed by atoms with Crippen molar-refractivity contribution in [2.45, 2.75) is 58.3 Å². The molecule has 140 valence electrons. The van der Waals surface area contributed by atoms with Gasteiger partial charge in [-0.05, 0) is 31.6 Å². The lowest BCUT2D eigenvalue weighted by molar-refractivity contribution is -0.137. The van der Waals surface area contributed by atoms with Crippen molar-refractivity contribution in [3.63, 3.8) is 0 Å². The number of nitrogens with zero attached hydrogens (tertiary/aromatic N) is 4. The van der Waals surface area contributed by atoms with Gasteiger partial charge in [-0.2, -0.15) is 23.3 Å². The molecule has 6 nitrogen and oxygen atoms in total. The smallest absolute Gasteiger partial charge is 0.367 e. The predicted molar refractivity (Wildman–Crippen MR) is 91.4 cm³/mol. The van der Waals surface area contributed by atoms with E-state index < -0.39 is 11.7 Å². The molecular formula is C17H21F3N6. The van der Waals surface area contributed by atoms with Gasteiger partial charge in [-0.1, -0.05) is 13.8 Å². The van der Waals surface area contributed by atoms with Crippen LogP contribution in [-0.2, 0) is 6.18 Å². The highest BCUT2D eigenvalue weighted by atomic mass is 19.4. The molecule has 9 heteroatoms. The van der Waals surface area contributed by atoms with Crippen molar-refractivity contribution in [1.29, 1.82) is 0 Å². The van der Waals surface area contributed by atoms with Crippen LogP contribution in [-0.4, -0.2) is 25.8 Å². The van der Waals surface area contributed by atoms with Crippen LogP contribution in [0.3, 0.4) is 0 Å². The van der Waals surface area contributed by atoms with Crippen LogP contribution in [0.5, 0.6) is 0 Å². The Bertz CT molecular complexity index is 838. The van der Waals surface area contributed by atoms with Crippen LogP contribution in [0.4, 0.5) is 30.6 Å². The highest BCUT2D eigenvalue weighted by molar-refractivity contribution is 5.58. The van der Waals surface area contributed by atoms with Crippen LogP contribution >= 0.6 is 0 Å². The summed E-state index contributed by atoms with van der Waals surface area (Å²) in [6.45, 7) is 6.20. The second-order valence-corrected chi connectivity index (χ2v) is 7.81. The SMILES string of the molecule is Cc1nn(C2CC2(C)C)cc1Nc1ncc(C(F)(F)F)c(NC2CC2)n1. The van der Waals surface area contributed by atoms with E-state index in [1.54, 1.807) is 0 Å². The van der Waals surface area contributed by atoms with E-state index >= 15 is 0 Å². The van der Waals surface area contributed by atoms with Crippen molar-refractivity contribution < 1.29 is 13.2 Å². The summed E-state index contributed by atoms with van der Waals surface area (Å²) in [4.78, 5) is 7.91. The van der Waals surface area contributed by atoms with Crippen molar-refractivity contribution in [1.82, 2.24) is 19.7 Å². The fraction of sp³-hybridized carbons (Fsp3) is 0.588. The van der Waals surface area contributed by atoms with Crippen LogP contribution in [0.1, 0.15) is 50.4 Å². The molecule has 26 heavy (non-hydrogen) atoms. The summed E-state index contributed by atoms with van der Waals surface area (Å²) < 4.78 is 41.4. The Morgan fingerprint density at radius 3 is 2.54 bits per heavy atom. The quantitative estimate of drug-likeness (QED) is 0.826. The fourth-order valence-electron chi connectivity index (χ4n) is 2.96. The number of nitrogens with one attached hydrogen (secondary N) is 2. The molecule has 4 rings (SSSR count). The zero-order valence-electron chi connectivity index (χ0n) is 14.9. The Kier molecular flexibility index (Phi) is 3.68. The van der Waals surface area contributed by atoms with E-state index in [1.165, 1.54) is 0 Å². The van der Waals surface area contributed by atoms with Gasteiger partial charge in [0.05, 0.1) is 17.4 Å². The molecule has 0 spiro atoms. The average Bonchev–Trinajstić information content (AvgIpc) is 3.41. The van der Waals surface area contributed by atoms with Gasteiger partial charge in [-0.15, -0.1) is 0 Å². The summed E-state index contributed by atoms with van der Waals surface area (Å²) >= 11 is 0. The van der Waals surface area contributed by atoms with E-state index in [-0.39, 0.29) is 23.2 Å². The molecule has 0 bridgehead atoms. The highest BCUT2D eigenvalue weighted by Crippen LogP contribution is 2.55. The first-order valence-electron chi connectivity index (χ1n) is 8.67. The van der Waals surface area contributed by atoms with Gasteiger partial charge in [0, 0.05) is 18.4 Å². The second kappa shape index (κ2) is 5.59. The number of hydrogen-bond donors (Lipinski definition) is 2. The Hall–Kier alpha value is -2.32. The fourth-order valence-corrected chi connectivity index (χ4v) is 2.96. The summed E-state index contributed by atoms with van der Waals surface area (Å²) in [5.74, 6) is -0.0512. The molecule has 0 saturated heterocycles. The van der Waals surface area contributed by atoms with Crippen molar-refractivity contribution in [3.8, 4) is 0 Å². The Morgan fingerprint density at radius 1 is 1.27 bits per heavy atom. The normalized spacial score (nSPS) is 21.5. The first kappa shape index (κ1) is 17.1. The highest BCUT2D eigenvalue weighted by Gasteiger charge is 2.48. The number of halogens is 3. The first-order valence-corrected chi connectivity index (χ1v) is 8.67. The maximum atomic E-state index is 13.2. The lowest BCUT2D eigenvalue weighted by atomic mass is 10.2. The zero-order valence-corrected chi connectivity index (χ0v) is 14.9. The molecule has 0 amide bonds. The predicted octanol–water partition coefficient (Wildman–Crippen LogP) is 4.29. The van der Waals surface area contributed by atoms with E-state index in [9.17, 15) is 13.2 Å². The maximum Gasteiger partial charge on any atom is 0.421 e. The minimum Gasteiger partial charge on any atom is -0.367 e. The van der Waals surface area contributed by atoms with Gasteiger partial charge in [-0.25, -0.2) is 4.98 Å². The minimum absolute atomic E-state index is 0.0560. The standard InChI is InChI=1S/C17H21F3N6/c1-9-12(8-26(25-9)13-6-16(13,2)3)23-15-21-7-11(17(18,19)20)14(24-15)22-10-4-5-10/h7-8,10,13H,4-6H2,1-3H3,(H2,21,22,23,24). The maximum absolute atomic E-state index is 13.2. The molecule has 2 heterocycles. The van der Waals surface area contributed by atoms with Gasteiger partial charge in [0.1, 0.15) is 11.4 Å². The van der Waals surface area contributed by atoms with Gasteiger partial charge in [0.15, 0.2) is 0 Å². The number of hydrogen-bond acceptors (Lipinski definition) is 5. The third kappa shape index (κ3) is 3.34. The topological polar surface area (TPSA) is 67.7 Å². The molecule has 2 aliphatic rings. The number of anilines is 3. The van der Waals surface area contributed by atoms with E-state index in [0.29, 0.717) is 11.7 Å². The molecule has 0 aromatic carbocycles. The first-order chi connectivity index (χ1) is 12.1. The summed E-state index contributed by atoms with van der Waals surface area (Å²) in [5.41, 5.74) is 0.835. The molecule has 1 unspecified atom stereocenters. The van der Waals surface area contributed by atoms with Gasteiger partial charge in [0.25, 0.3) is 0 Å². The van der Waals surface area contributed by atoms with Crippen LogP contribution in [0.25, 0.3) is 0 Å². The Balaban J connectivity index is 1.58. The molecule has 1 atom stereocenters. The molecule has 0 radical (unpaired) electrons. The lowest BCUT2D eigenvalue weighted by Gasteiger charge is -2.14. The number of aryl methyl sites for hydroxylation is 1. The van der Waals surface area contributed by atoms with E-state index in [0.717, 1.165) is 31.2 Å². The van der Waals surface area contributed by atoms with Crippen LogP contribution < -0.4 is 10.6 Å². The monoisotopic (exact) mass is 366 g/mol. The van der Waals surface area contributed by atoms with Crippen LogP contribution in [0.2, 0.25) is 0 Å². The van der Waals surface area contributed by atoms with Gasteiger partial charge >= 0.3 is 6.18 Å². The van der Waals surface area contributed by atoms with Gasteiger partial charge in [-0.3, -0.25) is 4.68 Å². The number of alkyl halides is 3. The second-order valence-electron chi connectivity index (χ2n) is 7.81. The van der Waals surface area contributed by atoms with Crippen LogP contribution in [0, 0.1) is 12.3 Å². The van der Waals surface area contributed by atoms with Crippen molar-refractivity contribution in [2.75, 3.05) is 10.6 Å². The molecule has 2 N–H and O–H groups in total. The number of rotatable bonds is 5. The average molecular weight is 366 g/mol. The molecule has 0 aliphatic heterocycles. The summed E-state index contributed by atoms with van der Waals surface area (Å²) in [6.07, 6.45) is 0.960. The zero-order chi connectivity index (χ0) is 18.7. The van der Waals surface area contributed by atoms with E-state index in [4.69, 9.17) is 0 Å². The summed E-state index contributed by atoms with van der Waals surface area (Å²) in [7, 11) is 0. The van der Waals surface area contributed by atoms with Gasteiger partial charge < -0.3 is 10.6 Å². The summed E-state index contributed by atoms with van der Waals surface area (Å²) in [6, 6.07) is 0.401. The molecular weight excluding hydrogens is 345 g/mol. The van der Waals surface area contributed by atoms with E-state index in [2.05, 4.69) is 39.5 Å². The molecule has 2 aromatic heterocycles. The van der Waals surface area contributed by atoms with Crippen molar-refractivity contribution in [3.05, 3.63) is 23.7 Å². The van der Waals surface area contributed by atoms with Crippen LogP contribution in [0.15, 0.2) is 12.4 Å². The molecule has 2 saturated carbocycles. The van der Waals surface area contributed by atoms with E-state index in [1.807, 2.05) is 17.8 Å².